The third-order valence-corrected chi connectivity index (χ3v) is 3.92. The van der Waals surface area contributed by atoms with Crippen LogP contribution in [0.1, 0.15) is 22.3 Å². The molecule has 0 aliphatic carbocycles. The van der Waals surface area contributed by atoms with Gasteiger partial charge in [-0.3, -0.25) is 9.48 Å². The van der Waals surface area contributed by atoms with Crippen LogP contribution in [0.25, 0.3) is 0 Å². The zero-order valence-corrected chi connectivity index (χ0v) is 11.6. The molecule has 0 spiro atoms. The van der Waals surface area contributed by atoms with E-state index in [4.69, 9.17) is 11.6 Å². The molecule has 2 heterocycles. The highest BCUT2D eigenvalue weighted by Gasteiger charge is 2.19. The van der Waals surface area contributed by atoms with Gasteiger partial charge in [-0.1, -0.05) is 11.6 Å². The Bertz CT molecular complexity index is 535. The maximum absolute atomic E-state index is 12.2. The van der Waals surface area contributed by atoms with E-state index >= 15 is 0 Å². The number of aryl methyl sites for hydroxylation is 1. The first-order chi connectivity index (χ1) is 7.63. The van der Waals surface area contributed by atoms with Crippen molar-refractivity contribution < 1.29 is 4.79 Å². The van der Waals surface area contributed by atoms with Crippen molar-refractivity contribution in [1.29, 1.82) is 0 Å². The zero-order chi connectivity index (χ0) is 11.7. The molecule has 2 rings (SSSR count). The van der Waals surface area contributed by atoms with E-state index in [1.807, 2.05) is 6.92 Å². The lowest BCUT2D eigenvalue weighted by Crippen LogP contribution is -2.09. The quantitative estimate of drug-likeness (QED) is 0.810. The van der Waals surface area contributed by atoms with E-state index in [0.717, 1.165) is 0 Å². The van der Waals surface area contributed by atoms with Gasteiger partial charge in [0.05, 0.1) is 19.9 Å². The smallest absolute Gasteiger partial charge is 0.222 e. The van der Waals surface area contributed by atoms with E-state index in [-0.39, 0.29) is 5.78 Å². The van der Waals surface area contributed by atoms with Gasteiger partial charge in [-0.05, 0) is 35.0 Å². The number of carbonyl (C=O) groups is 1. The molecule has 0 fully saturated rings. The summed E-state index contributed by atoms with van der Waals surface area (Å²) in [5.41, 5.74) is 0.570. The average Bonchev–Trinajstić information content (AvgIpc) is 2.83. The molecular formula is C10H8BrClN2OS. The lowest BCUT2D eigenvalue weighted by Gasteiger charge is -2.02. The van der Waals surface area contributed by atoms with Gasteiger partial charge in [0.15, 0.2) is 0 Å². The predicted octanol–water partition coefficient (Wildman–Crippen LogP) is 3.61. The molecule has 0 N–H and O–H groups in total. The summed E-state index contributed by atoms with van der Waals surface area (Å²) in [5, 5.41) is 4.11. The fourth-order valence-electron chi connectivity index (χ4n) is 1.38. The lowest BCUT2D eigenvalue weighted by molar-refractivity contribution is 0.103. The summed E-state index contributed by atoms with van der Waals surface area (Å²) in [6.45, 7) is 2.60. The van der Waals surface area contributed by atoms with Crippen LogP contribution in [0, 0.1) is 0 Å². The molecule has 0 aliphatic heterocycles. The predicted molar refractivity (Wildman–Crippen MR) is 68.4 cm³/mol. The zero-order valence-electron chi connectivity index (χ0n) is 8.41. The summed E-state index contributed by atoms with van der Waals surface area (Å²) in [6.07, 6.45) is 1.63. The molecule has 2 aromatic rings. The van der Waals surface area contributed by atoms with E-state index in [0.29, 0.717) is 25.9 Å². The molecule has 2 aromatic heterocycles. The van der Waals surface area contributed by atoms with Gasteiger partial charge in [-0.25, -0.2) is 0 Å². The third kappa shape index (κ3) is 2.07. The fourth-order valence-corrected chi connectivity index (χ4v) is 2.84. The van der Waals surface area contributed by atoms with Crippen LogP contribution in [-0.2, 0) is 6.54 Å². The van der Waals surface area contributed by atoms with Gasteiger partial charge in [0, 0.05) is 6.54 Å². The van der Waals surface area contributed by atoms with Gasteiger partial charge in [0.2, 0.25) is 5.78 Å². The molecule has 6 heteroatoms. The Labute approximate surface area is 110 Å². The van der Waals surface area contributed by atoms with E-state index < -0.39 is 0 Å². The van der Waals surface area contributed by atoms with Crippen LogP contribution in [0.2, 0.25) is 4.34 Å². The summed E-state index contributed by atoms with van der Waals surface area (Å²) in [5.74, 6) is -0.0527. The summed E-state index contributed by atoms with van der Waals surface area (Å²) in [4.78, 5) is 12.8. The van der Waals surface area contributed by atoms with Crippen LogP contribution in [0.3, 0.4) is 0 Å². The van der Waals surface area contributed by atoms with Crippen molar-refractivity contribution in [2.24, 2.45) is 0 Å². The molecule has 0 bridgehead atoms. The number of aromatic nitrogens is 2. The Kier molecular flexibility index (Phi) is 3.47. The highest BCUT2D eigenvalue weighted by Crippen LogP contribution is 2.26. The van der Waals surface area contributed by atoms with Crippen molar-refractivity contribution in [2.45, 2.75) is 13.5 Å². The molecule has 0 saturated carbocycles. The molecular weight excluding hydrogens is 312 g/mol. The number of ketones is 1. The molecule has 0 unspecified atom stereocenters. The molecule has 0 aliphatic rings. The monoisotopic (exact) mass is 318 g/mol. The Morgan fingerprint density at radius 2 is 2.38 bits per heavy atom. The van der Waals surface area contributed by atoms with Crippen molar-refractivity contribution in [1.82, 2.24) is 9.78 Å². The average molecular weight is 320 g/mol. The van der Waals surface area contributed by atoms with E-state index in [2.05, 4.69) is 21.0 Å². The Morgan fingerprint density at radius 1 is 1.62 bits per heavy atom. The van der Waals surface area contributed by atoms with Crippen molar-refractivity contribution in [2.75, 3.05) is 0 Å². The topological polar surface area (TPSA) is 34.9 Å². The normalized spacial score (nSPS) is 10.7. The molecule has 0 amide bonds. The Hall–Kier alpha value is -0.650. The van der Waals surface area contributed by atoms with Crippen LogP contribution in [0.5, 0.6) is 0 Å². The number of thiophene rings is 1. The number of halogens is 2. The van der Waals surface area contributed by atoms with Crippen molar-refractivity contribution in [3.05, 3.63) is 37.7 Å². The fraction of sp³-hybridized carbons (Fsp3) is 0.200. The van der Waals surface area contributed by atoms with Crippen LogP contribution in [-0.4, -0.2) is 15.6 Å². The third-order valence-electron chi connectivity index (χ3n) is 2.11. The largest absolute Gasteiger partial charge is 0.286 e. The summed E-state index contributed by atoms with van der Waals surface area (Å²) in [6, 6.07) is 3.45. The molecule has 16 heavy (non-hydrogen) atoms. The second-order valence-electron chi connectivity index (χ2n) is 3.09. The second kappa shape index (κ2) is 4.69. The first-order valence-electron chi connectivity index (χ1n) is 4.64. The van der Waals surface area contributed by atoms with Gasteiger partial charge < -0.3 is 0 Å². The molecule has 0 saturated heterocycles. The van der Waals surface area contributed by atoms with Gasteiger partial charge in [0.1, 0.15) is 5.69 Å². The number of hydrogen-bond donors (Lipinski definition) is 0. The molecule has 0 radical (unpaired) electrons. The van der Waals surface area contributed by atoms with Gasteiger partial charge in [-0.2, -0.15) is 5.10 Å². The van der Waals surface area contributed by atoms with E-state index in [1.54, 1.807) is 23.0 Å². The SMILES string of the molecule is CCn1ncc(Br)c1C(=O)c1ccc(Cl)s1. The molecule has 0 aromatic carbocycles. The van der Waals surface area contributed by atoms with Crippen molar-refractivity contribution in [3.63, 3.8) is 0 Å². The van der Waals surface area contributed by atoms with Crippen molar-refractivity contribution in [3.8, 4) is 0 Å². The maximum atomic E-state index is 12.2. The first-order valence-corrected chi connectivity index (χ1v) is 6.63. The molecule has 3 nitrogen and oxygen atoms in total. The number of rotatable bonds is 3. The summed E-state index contributed by atoms with van der Waals surface area (Å²) >= 11 is 10.4. The van der Waals surface area contributed by atoms with Gasteiger partial charge >= 0.3 is 0 Å². The first kappa shape index (κ1) is 11.8. The highest BCUT2D eigenvalue weighted by atomic mass is 79.9. The minimum absolute atomic E-state index is 0.0527. The second-order valence-corrected chi connectivity index (χ2v) is 5.66. The summed E-state index contributed by atoms with van der Waals surface area (Å²) in [7, 11) is 0. The van der Waals surface area contributed by atoms with Crippen LogP contribution >= 0.6 is 38.9 Å². The Balaban J connectivity index is 2.44. The lowest BCUT2D eigenvalue weighted by atomic mass is 10.2. The maximum Gasteiger partial charge on any atom is 0.222 e. The van der Waals surface area contributed by atoms with E-state index in [9.17, 15) is 4.79 Å². The van der Waals surface area contributed by atoms with Gasteiger partial charge in [0.25, 0.3) is 0 Å². The Morgan fingerprint density at radius 3 is 2.94 bits per heavy atom. The molecule has 0 atom stereocenters. The number of carbonyl (C=O) groups excluding carboxylic acids is 1. The van der Waals surface area contributed by atoms with Crippen LogP contribution in [0.15, 0.2) is 22.8 Å². The van der Waals surface area contributed by atoms with Gasteiger partial charge in [-0.15, -0.1) is 11.3 Å². The van der Waals surface area contributed by atoms with Crippen LogP contribution < -0.4 is 0 Å². The number of hydrogen-bond acceptors (Lipinski definition) is 3. The standard InChI is InChI=1S/C10H8BrClN2OS/c1-2-14-9(6(11)5-13-14)10(15)7-3-4-8(12)16-7/h3-5H,2H2,1H3. The van der Waals surface area contributed by atoms with E-state index in [1.165, 1.54) is 11.3 Å². The molecule has 84 valence electrons. The summed E-state index contributed by atoms with van der Waals surface area (Å²) < 4.78 is 2.99. The minimum atomic E-state index is -0.0527. The van der Waals surface area contributed by atoms with Crippen LogP contribution in [0.4, 0.5) is 0 Å². The van der Waals surface area contributed by atoms with Crippen molar-refractivity contribution >= 4 is 44.7 Å². The highest BCUT2D eigenvalue weighted by molar-refractivity contribution is 9.10. The number of nitrogens with zero attached hydrogens (tertiary/aromatic N) is 2. The minimum Gasteiger partial charge on any atom is -0.286 e.